The SMILES string of the molecule is COCC(O)C(O)C(C)C. The van der Waals surface area contributed by atoms with Crippen LogP contribution in [0.2, 0.25) is 0 Å². The Labute approximate surface area is 61.6 Å². The molecule has 0 radical (unpaired) electrons. The zero-order valence-corrected chi connectivity index (χ0v) is 6.74. The van der Waals surface area contributed by atoms with E-state index < -0.39 is 12.2 Å². The average molecular weight is 148 g/mol. The predicted molar refractivity (Wildman–Crippen MR) is 38.7 cm³/mol. The zero-order valence-electron chi connectivity index (χ0n) is 6.74. The fourth-order valence-corrected chi connectivity index (χ4v) is 0.714. The maximum absolute atomic E-state index is 9.20. The third-order valence-electron chi connectivity index (χ3n) is 1.41. The highest BCUT2D eigenvalue weighted by molar-refractivity contribution is 4.68. The maximum atomic E-state index is 9.20. The number of rotatable bonds is 4. The van der Waals surface area contributed by atoms with Crippen molar-refractivity contribution < 1.29 is 14.9 Å². The number of hydrogen-bond acceptors (Lipinski definition) is 3. The molecule has 0 amide bonds. The minimum absolute atomic E-state index is 0.0742. The first-order valence-electron chi connectivity index (χ1n) is 3.44. The second-order valence-electron chi connectivity index (χ2n) is 2.76. The molecule has 0 aliphatic carbocycles. The number of hydrogen-bond donors (Lipinski definition) is 2. The van der Waals surface area contributed by atoms with Crippen molar-refractivity contribution in [3.63, 3.8) is 0 Å². The Morgan fingerprint density at radius 2 is 1.80 bits per heavy atom. The molecule has 0 spiro atoms. The van der Waals surface area contributed by atoms with Gasteiger partial charge in [0.05, 0.1) is 12.7 Å². The third-order valence-corrected chi connectivity index (χ3v) is 1.41. The van der Waals surface area contributed by atoms with Crippen molar-refractivity contribution >= 4 is 0 Å². The number of methoxy groups -OCH3 is 1. The predicted octanol–water partition coefficient (Wildman–Crippen LogP) is 0.0106. The van der Waals surface area contributed by atoms with Gasteiger partial charge in [-0.15, -0.1) is 0 Å². The molecule has 0 aromatic heterocycles. The molecule has 0 aliphatic rings. The molecule has 0 aromatic rings. The normalized spacial score (nSPS) is 17.4. The van der Waals surface area contributed by atoms with Crippen LogP contribution in [-0.2, 0) is 4.74 Å². The summed E-state index contributed by atoms with van der Waals surface area (Å²) in [6.45, 7) is 3.90. The van der Waals surface area contributed by atoms with E-state index >= 15 is 0 Å². The summed E-state index contributed by atoms with van der Waals surface area (Å²) in [5, 5.41) is 18.3. The summed E-state index contributed by atoms with van der Waals surface area (Å²) in [4.78, 5) is 0. The van der Waals surface area contributed by atoms with Crippen molar-refractivity contribution in [1.29, 1.82) is 0 Å². The zero-order chi connectivity index (χ0) is 8.15. The molecule has 3 nitrogen and oxygen atoms in total. The quantitative estimate of drug-likeness (QED) is 0.590. The van der Waals surface area contributed by atoms with Gasteiger partial charge in [-0.1, -0.05) is 13.8 Å². The van der Waals surface area contributed by atoms with Crippen LogP contribution in [0, 0.1) is 5.92 Å². The molecule has 2 N–H and O–H groups in total. The molecule has 0 fully saturated rings. The summed E-state index contributed by atoms with van der Waals surface area (Å²) >= 11 is 0. The van der Waals surface area contributed by atoms with E-state index in [4.69, 9.17) is 5.11 Å². The van der Waals surface area contributed by atoms with E-state index in [1.54, 1.807) is 0 Å². The lowest BCUT2D eigenvalue weighted by Gasteiger charge is -2.19. The smallest absolute Gasteiger partial charge is 0.103 e. The summed E-state index contributed by atoms with van der Waals surface area (Å²) < 4.78 is 4.66. The number of aliphatic hydroxyl groups excluding tert-OH is 2. The van der Waals surface area contributed by atoms with E-state index in [-0.39, 0.29) is 12.5 Å². The molecule has 62 valence electrons. The van der Waals surface area contributed by atoms with E-state index in [2.05, 4.69) is 4.74 Å². The minimum atomic E-state index is -0.759. The first-order chi connectivity index (χ1) is 4.59. The van der Waals surface area contributed by atoms with Crippen molar-refractivity contribution in [1.82, 2.24) is 0 Å². The van der Waals surface area contributed by atoms with Crippen LogP contribution < -0.4 is 0 Å². The van der Waals surface area contributed by atoms with Gasteiger partial charge in [0.25, 0.3) is 0 Å². The van der Waals surface area contributed by atoms with E-state index in [0.717, 1.165) is 0 Å². The molecular weight excluding hydrogens is 132 g/mol. The first-order valence-corrected chi connectivity index (χ1v) is 3.44. The Hall–Kier alpha value is -0.120. The molecule has 0 saturated heterocycles. The monoisotopic (exact) mass is 148 g/mol. The standard InChI is InChI=1S/C7H16O3/c1-5(2)7(9)6(8)4-10-3/h5-9H,4H2,1-3H3. The molecule has 10 heavy (non-hydrogen) atoms. The van der Waals surface area contributed by atoms with Gasteiger partial charge in [0.15, 0.2) is 0 Å². The topological polar surface area (TPSA) is 49.7 Å². The summed E-state index contributed by atoms with van der Waals surface area (Å²) in [6, 6.07) is 0. The highest BCUT2D eigenvalue weighted by Gasteiger charge is 2.18. The number of ether oxygens (including phenoxy) is 1. The molecule has 0 heterocycles. The fourth-order valence-electron chi connectivity index (χ4n) is 0.714. The lowest BCUT2D eigenvalue weighted by atomic mass is 10.0. The summed E-state index contributed by atoms with van der Waals surface area (Å²) in [5.41, 5.74) is 0. The van der Waals surface area contributed by atoms with E-state index in [1.165, 1.54) is 7.11 Å². The van der Waals surface area contributed by atoms with Gasteiger partial charge in [-0.05, 0) is 5.92 Å². The number of aliphatic hydroxyl groups is 2. The van der Waals surface area contributed by atoms with Crippen LogP contribution in [0.15, 0.2) is 0 Å². The Kier molecular flexibility index (Phi) is 4.60. The summed E-state index contributed by atoms with van der Waals surface area (Å²) in [5.74, 6) is 0.0742. The lowest BCUT2D eigenvalue weighted by molar-refractivity contribution is -0.0453. The van der Waals surface area contributed by atoms with Gasteiger partial charge in [0.2, 0.25) is 0 Å². The Morgan fingerprint density at radius 3 is 2.10 bits per heavy atom. The van der Waals surface area contributed by atoms with Crippen LogP contribution in [0.5, 0.6) is 0 Å². The molecule has 0 bridgehead atoms. The van der Waals surface area contributed by atoms with Crippen molar-refractivity contribution in [2.24, 2.45) is 5.92 Å². The largest absolute Gasteiger partial charge is 0.390 e. The van der Waals surface area contributed by atoms with E-state index in [1.807, 2.05) is 13.8 Å². The molecule has 0 rings (SSSR count). The Bertz CT molecular complexity index is 82.9. The van der Waals surface area contributed by atoms with Crippen LogP contribution in [0.4, 0.5) is 0 Å². The van der Waals surface area contributed by atoms with Gasteiger partial charge in [-0.25, -0.2) is 0 Å². The molecule has 3 heteroatoms. The van der Waals surface area contributed by atoms with Crippen molar-refractivity contribution in [2.75, 3.05) is 13.7 Å². The van der Waals surface area contributed by atoms with Gasteiger partial charge in [-0.3, -0.25) is 0 Å². The molecule has 0 aliphatic heterocycles. The van der Waals surface area contributed by atoms with Crippen LogP contribution >= 0.6 is 0 Å². The molecule has 0 aromatic carbocycles. The van der Waals surface area contributed by atoms with Crippen LogP contribution in [0.1, 0.15) is 13.8 Å². The highest BCUT2D eigenvalue weighted by atomic mass is 16.5. The average Bonchev–Trinajstić information content (AvgIpc) is 1.87. The van der Waals surface area contributed by atoms with Crippen LogP contribution in [-0.4, -0.2) is 36.1 Å². The van der Waals surface area contributed by atoms with Gasteiger partial charge in [-0.2, -0.15) is 0 Å². The fraction of sp³-hybridized carbons (Fsp3) is 1.00. The molecule has 2 unspecified atom stereocenters. The van der Waals surface area contributed by atoms with Gasteiger partial charge >= 0.3 is 0 Å². The first kappa shape index (κ1) is 9.88. The molecule has 2 atom stereocenters. The van der Waals surface area contributed by atoms with Crippen LogP contribution in [0.25, 0.3) is 0 Å². The molecule has 0 saturated carbocycles. The van der Waals surface area contributed by atoms with Gasteiger partial charge in [0.1, 0.15) is 6.10 Å². The third kappa shape index (κ3) is 3.15. The van der Waals surface area contributed by atoms with Crippen LogP contribution in [0.3, 0.4) is 0 Å². The van der Waals surface area contributed by atoms with E-state index in [0.29, 0.717) is 0 Å². The molecular formula is C7H16O3. The summed E-state index contributed by atoms with van der Waals surface area (Å²) in [6.07, 6.45) is -1.44. The Balaban J connectivity index is 3.58. The van der Waals surface area contributed by atoms with Crippen molar-refractivity contribution in [3.8, 4) is 0 Å². The van der Waals surface area contributed by atoms with Gasteiger partial charge < -0.3 is 14.9 Å². The second-order valence-corrected chi connectivity index (χ2v) is 2.76. The van der Waals surface area contributed by atoms with Crippen molar-refractivity contribution in [3.05, 3.63) is 0 Å². The Morgan fingerprint density at radius 1 is 1.30 bits per heavy atom. The minimum Gasteiger partial charge on any atom is -0.390 e. The van der Waals surface area contributed by atoms with Gasteiger partial charge in [0, 0.05) is 7.11 Å². The van der Waals surface area contributed by atoms with Crippen molar-refractivity contribution in [2.45, 2.75) is 26.1 Å². The highest BCUT2D eigenvalue weighted by Crippen LogP contribution is 2.05. The second kappa shape index (κ2) is 4.66. The van der Waals surface area contributed by atoms with E-state index in [9.17, 15) is 5.11 Å². The maximum Gasteiger partial charge on any atom is 0.103 e. The summed E-state index contributed by atoms with van der Waals surface area (Å²) in [7, 11) is 1.50. The lowest BCUT2D eigenvalue weighted by Crippen LogP contribution is -2.34.